The van der Waals surface area contributed by atoms with E-state index in [1.165, 1.54) is 13.3 Å². The van der Waals surface area contributed by atoms with Gasteiger partial charge in [-0.1, -0.05) is 57.2 Å². The van der Waals surface area contributed by atoms with Crippen LogP contribution in [0.1, 0.15) is 40.8 Å². The van der Waals surface area contributed by atoms with E-state index in [0.717, 1.165) is 16.9 Å². The van der Waals surface area contributed by atoms with Crippen LogP contribution >= 0.6 is 6.64 Å². The summed E-state index contributed by atoms with van der Waals surface area (Å²) in [6.07, 6.45) is -2.92. The fourth-order valence-electron chi connectivity index (χ4n) is 5.14. The first-order valence-electron chi connectivity index (χ1n) is 15.1. The van der Waals surface area contributed by atoms with Crippen molar-refractivity contribution in [1.29, 1.82) is 0 Å². The quantitative estimate of drug-likeness (QED) is 0.144. The number of alkyl halides is 2. The van der Waals surface area contributed by atoms with Crippen LogP contribution in [-0.2, 0) is 30.6 Å². The lowest BCUT2D eigenvalue weighted by atomic mass is 9.97. The number of aromatic nitrogens is 4. The Hall–Kier alpha value is -3.53. The third-order valence-corrected chi connectivity index (χ3v) is 10.0. The molecule has 260 valence electrons. The molecule has 0 bridgehead atoms. The van der Waals surface area contributed by atoms with Crippen molar-refractivity contribution in [2.75, 3.05) is 37.9 Å². The number of esters is 1. The van der Waals surface area contributed by atoms with Gasteiger partial charge >= 0.3 is 12.6 Å². The number of benzene rings is 2. The number of aliphatic hydroxyl groups excluding tert-OH is 1. The Labute approximate surface area is 282 Å². The number of rotatable bonds is 11. The third-order valence-electron chi connectivity index (χ3n) is 7.58. The van der Waals surface area contributed by atoms with E-state index in [1.54, 1.807) is 43.3 Å². The highest BCUT2D eigenvalue weighted by molar-refractivity contribution is 8.09. The number of nitrogen functional groups attached to an aromatic ring is 1. The molecule has 0 saturated carbocycles. The van der Waals surface area contributed by atoms with Gasteiger partial charge in [0.15, 0.2) is 35.0 Å². The molecule has 2 aromatic carbocycles. The van der Waals surface area contributed by atoms with Crippen molar-refractivity contribution in [2.24, 2.45) is 5.41 Å². The van der Waals surface area contributed by atoms with Crippen LogP contribution in [0.4, 0.5) is 20.5 Å². The Balaban J connectivity index is 1.45. The molecule has 0 amide bonds. The second kappa shape index (κ2) is 13.1. The molecule has 1 aliphatic rings. The average Bonchev–Trinajstić information content (AvgIpc) is 3.50. The van der Waals surface area contributed by atoms with Crippen molar-refractivity contribution in [3.63, 3.8) is 0 Å². The Bertz CT molecular complexity index is 1870. The number of carbonyl (C=O) groups is 1. The first-order chi connectivity index (χ1) is 22.3. The van der Waals surface area contributed by atoms with E-state index in [9.17, 15) is 9.90 Å². The number of nitrogens with two attached hydrogens (primary N) is 1. The molecule has 13 nitrogen and oxygen atoms in total. The van der Waals surface area contributed by atoms with Gasteiger partial charge in [0.1, 0.15) is 18.4 Å². The third kappa shape index (κ3) is 7.24. The molecule has 5 rings (SSSR count). The Morgan fingerprint density at radius 3 is 2.60 bits per heavy atom. The van der Waals surface area contributed by atoms with E-state index in [4.69, 9.17) is 36.1 Å². The predicted molar refractivity (Wildman–Crippen MR) is 181 cm³/mol. The van der Waals surface area contributed by atoms with Gasteiger partial charge in [0.2, 0.25) is 5.95 Å². The van der Waals surface area contributed by atoms with Gasteiger partial charge in [-0.05, 0) is 42.5 Å². The number of hydrogen-bond acceptors (Lipinski definition) is 12. The van der Waals surface area contributed by atoms with E-state index in [-0.39, 0.29) is 29.1 Å². The van der Waals surface area contributed by atoms with E-state index in [1.807, 2.05) is 39.0 Å². The molecule has 48 heavy (non-hydrogen) atoms. The minimum atomic E-state index is -3.86. The molecule has 1 aliphatic heterocycles. The van der Waals surface area contributed by atoms with Gasteiger partial charge in [-0.15, -0.1) is 0 Å². The fourth-order valence-corrected chi connectivity index (χ4v) is 7.53. The number of anilines is 2. The van der Waals surface area contributed by atoms with Crippen LogP contribution in [0.15, 0.2) is 48.8 Å². The van der Waals surface area contributed by atoms with Crippen LogP contribution in [0.5, 0.6) is 5.75 Å². The molecule has 3 heterocycles. The zero-order valence-electron chi connectivity index (χ0n) is 27.7. The van der Waals surface area contributed by atoms with Crippen molar-refractivity contribution >= 4 is 58.1 Å². The smallest absolute Gasteiger partial charge is 0.323 e. The highest BCUT2D eigenvalue weighted by Gasteiger charge is 2.65. The summed E-state index contributed by atoms with van der Waals surface area (Å²) in [5.41, 5.74) is 3.20. The summed E-state index contributed by atoms with van der Waals surface area (Å²) < 4.78 is 57.3. The van der Waals surface area contributed by atoms with Gasteiger partial charge in [0.05, 0.1) is 12.9 Å². The summed E-state index contributed by atoms with van der Waals surface area (Å²) in [4.78, 5) is 27.2. The monoisotopic (exact) mass is 707 g/mol. The van der Waals surface area contributed by atoms with E-state index in [0.29, 0.717) is 17.0 Å². The summed E-state index contributed by atoms with van der Waals surface area (Å²) in [5, 5.41) is 15.4. The van der Waals surface area contributed by atoms with Gasteiger partial charge in [-0.3, -0.25) is 9.36 Å². The normalized spacial score (nSPS) is 24.8. The number of ether oxygens (including phenoxy) is 2. The highest BCUT2D eigenvalue weighted by Crippen LogP contribution is 2.53. The molecule has 6 atom stereocenters. The number of aliphatic hydroxyl groups is 1. The van der Waals surface area contributed by atoms with Crippen molar-refractivity contribution in [3.8, 4) is 5.75 Å². The first kappa shape index (κ1) is 35.8. The maximum Gasteiger partial charge on any atom is 0.323 e. The van der Waals surface area contributed by atoms with Crippen molar-refractivity contribution in [3.05, 3.63) is 48.8 Å². The second-order valence-electron chi connectivity index (χ2n) is 13.3. The summed E-state index contributed by atoms with van der Waals surface area (Å²) in [7, 11) is 3.42. The largest absolute Gasteiger partial charge is 0.464 e. The SMILES string of the molecule is C[C@@H](N[P@](=S)(OC[C@@]1(F)O[C@@H](n2cnc3c(N(C)C)nc(N)nc32)[C@](C)(F)[C@@H]1O)Oc1cccc2ccccc12)C(=O)OCC(C)(C)C. The molecule has 0 unspecified atom stereocenters. The Morgan fingerprint density at radius 2 is 1.92 bits per heavy atom. The van der Waals surface area contributed by atoms with Gasteiger partial charge in [-0.2, -0.15) is 9.97 Å². The van der Waals surface area contributed by atoms with Crippen molar-refractivity contribution in [2.45, 2.75) is 64.5 Å². The standard InChI is InChI=1S/C31H40F2N7O6PS/c1-18(25(41)43-15-29(2,3)4)38-47(48,46-21-14-10-12-19-11-8-9-13-20(19)21)44-16-31(33)26(42)30(5,32)27(45-31)40-17-35-22-23(39(6)7)36-28(34)37-24(22)40/h8-14,17-18,26-27,42H,15-16H2,1-7H3,(H,38,48)(H2,34,36,37)/t18-,26+,27-,30-,31-,47+/m1/s1. The fraction of sp³-hybridized carbons (Fsp3) is 0.484. The minimum absolute atomic E-state index is 0.0612. The van der Waals surface area contributed by atoms with Gasteiger partial charge in [-0.25, -0.2) is 18.9 Å². The Morgan fingerprint density at radius 1 is 1.23 bits per heavy atom. The number of halogens is 2. The molecule has 4 aromatic rings. The maximum atomic E-state index is 16.7. The number of nitrogens with zero attached hydrogens (tertiary/aromatic N) is 5. The number of carbonyl (C=O) groups excluding carboxylic acids is 1. The van der Waals surface area contributed by atoms with Crippen LogP contribution < -0.4 is 20.2 Å². The minimum Gasteiger partial charge on any atom is -0.464 e. The van der Waals surface area contributed by atoms with Gasteiger partial charge in [0, 0.05) is 19.5 Å². The Kier molecular flexibility index (Phi) is 9.74. The van der Waals surface area contributed by atoms with Gasteiger partial charge < -0.3 is 34.3 Å². The van der Waals surface area contributed by atoms with E-state index < -0.39 is 49.1 Å². The zero-order chi connectivity index (χ0) is 35.2. The van der Waals surface area contributed by atoms with E-state index in [2.05, 4.69) is 20.0 Å². The first-order valence-corrected chi connectivity index (χ1v) is 17.7. The molecule has 1 fully saturated rings. The van der Waals surface area contributed by atoms with E-state index >= 15 is 8.78 Å². The molecule has 0 radical (unpaired) electrons. The number of imidazole rings is 1. The molecule has 1 saturated heterocycles. The zero-order valence-corrected chi connectivity index (χ0v) is 29.4. The lowest BCUT2D eigenvalue weighted by Crippen LogP contribution is -2.47. The molecule has 2 aromatic heterocycles. The molecule has 17 heteroatoms. The maximum absolute atomic E-state index is 16.7. The topological polar surface area (TPSA) is 159 Å². The van der Waals surface area contributed by atoms with Crippen LogP contribution in [-0.4, -0.2) is 81.6 Å². The molecule has 4 N–H and O–H groups in total. The number of nitrogens with one attached hydrogen (secondary N) is 1. The van der Waals surface area contributed by atoms with Crippen LogP contribution in [0.2, 0.25) is 0 Å². The van der Waals surface area contributed by atoms with Crippen molar-refractivity contribution < 1.29 is 37.2 Å². The number of hydrogen-bond donors (Lipinski definition) is 3. The summed E-state index contributed by atoms with van der Waals surface area (Å²) >= 11 is 5.80. The average molecular weight is 708 g/mol. The molecular formula is C31H40F2N7O6PS. The van der Waals surface area contributed by atoms with Crippen LogP contribution in [0.25, 0.3) is 21.9 Å². The lowest BCUT2D eigenvalue weighted by molar-refractivity contribution is -0.202. The summed E-state index contributed by atoms with van der Waals surface area (Å²) in [6, 6.07) is 11.5. The van der Waals surface area contributed by atoms with Crippen molar-refractivity contribution in [1.82, 2.24) is 24.6 Å². The lowest BCUT2D eigenvalue weighted by Gasteiger charge is -2.30. The van der Waals surface area contributed by atoms with Gasteiger partial charge in [0.25, 0.3) is 5.85 Å². The highest BCUT2D eigenvalue weighted by atomic mass is 32.5. The molecular weight excluding hydrogens is 667 g/mol. The molecule has 0 spiro atoms. The summed E-state index contributed by atoms with van der Waals surface area (Å²) in [6.45, 7) is 3.41. The predicted octanol–water partition coefficient (Wildman–Crippen LogP) is 4.80. The summed E-state index contributed by atoms with van der Waals surface area (Å²) in [5.74, 6) is -3.27. The van der Waals surface area contributed by atoms with Crippen LogP contribution in [0, 0.1) is 5.41 Å². The second-order valence-corrected chi connectivity index (χ2v) is 16.4. The van der Waals surface area contributed by atoms with Crippen LogP contribution in [0.3, 0.4) is 0 Å². The number of fused-ring (bicyclic) bond motifs is 2. The molecule has 0 aliphatic carbocycles.